The topological polar surface area (TPSA) is 85.9 Å². The van der Waals surface area contributed by atoms with Gasteiger partial charge in [0.1, 0.15) is 5.82 Å². The van der Waals surface area contributed by atoms with Crippen molar-refractivity contribution in [1.82, 2.24) is 5.32 Å². The number of esters is 1. The molecule has 1 atom stereocenters. The van der Waals surface area contributed by atoms with E-state index in [4.69, 9.17) is 14.2 Å². The van der Waals surface area contributed by atoms with E-state index in [0.717, 1.165) is 11.1 Å². The molecule has 0 aliphatic carbocycles. The molecule has 3 aromatic rings. The smallest absolute Gasteiger partial charge is 0.340 e. The van der Waals surface area contributed by atoms with Crippen LogP contribution in [0.25, 0.3) is 0 Å². The average Bonchev–Trinajstić information content (AvgIpc) is 3.29. The first-order valence-corrected chi connectivity index (χ1v) is 11.0. The number of nitrogens with one attached hydrogen (secondary N) is 2. The van der Waals surface area contributed by atoms with Gasteiger partial charge in [0.2, 0.25) is 6.79 Å². The second-order valence-electron chi connectivity index (χ2n) is 7.78. The molecule has 1 aliphatic rings. The number of carbonyl (C=O) groups excluding carboxylic acids is 2. The number of urea groups is 1. The highest BCUT2D eigenvalue weighted by molar-refractivity contribution is 6.00. The number of halogens is 1. The van der Waals surface area contributed by atoms with E-state index in [1.54, 1.807) is 43.3 Å². The van der Waals surface area contributed by atoms with Crippen LogP contribution < -0.4 is 20.1 Å². The molecule has 34 heavy (non-hydrogen) atoms. The van der Waals surface area contributed by atoms with Crippen LogP contribution in [0.5, 0.6) is 11.5 Å². The Morgan fingerprint density at radius 2 is 1.68 bits per heavy atom. The number of para-hydroxylation sites is 1. The summed E-state index contributed by atoms with van der Waals surface area (Å²) >= 11 is 0. The van der Waals surface area contributed by atoms with Crippen molar-refractivity contribution in [2.75, 3.05) is 18.7 Å². The Morgan fingerprint density at radius 1 is 0.971 bits per heavy atom. The SMILES string of the molecule is CCOC(=O)c1ccccc1NC(=O)N[C@@H](Cc1ccc(F)cc1)Cc1ccc2c(c1)OCO2. The Morgan fingerprint density at radius 3 is 2.47 bits per heavy atom. The first-order valence-electron chi connectivity index (χ1n) is 11.0. The summed E-state index contributed by atoms with van der Waals surface area (Å²) in [5.41, 5.74) is 2.44. The highest BCUT2D eigenvalue weighted by Gasteiger charge is 2.19. The van der Waals surface area contributed by atoms with Crippen molar-refractivity contribution in [3.63, 3.8) is 0 Å². The molecule has 0 saturated heterocycles. The summed E-state index contributed by atoms with van der Waals surface area (Å²) in [7, 11) is 0. The van der Waals surface area contributed by atoms with E-state index in [2.05, 4.69) is 10.6 Å². The second-order valence-corrected chi connectivity index (χ2v) is 7.78. The number of benzene rings is 3. The van der Waals surface area contributed by atoms with Crippen LogP contribution in [0.4, 0.5) is 14.9 Å². The number of hydrogen-bond acceptors (Lipinski definition) is 5. The summed E-state index contributed by atoms with van der Waals surface area (Å²) in [6.45, 7) is 2.13. The number of rotatable bonds is 8. The minimum atomic E-state index is -0.512. The lowest BCUT2D eigenvalue weighted by molar-refractivity contribution is 0.0527. The molecule has 7 nitrogen and oxygen atoms in total. The van der Waals surface area contributed by atoms with Gasteiger partial charge in [-0.05, 0) is 67.3 Å². The molecule has 0 spiro atoms. The normalized spacial score (nSPS) is 12.6. The number of amides is 2. The van der Waals surface area contributed by atoms with Crippen LogP contribution in [0.15, 0.2) is 66.7 Å². The number of ether oxygens (including phenoxy) is 3. The van der Waals surface area contributed by atoms with Crippen LogP contribution in [0.1, 0.15) is 28.4 Å². The van der Waals surface area contributed by atoms with Crippen molar-refractivity contribution in [3.05, 3.63) is 89.2 Å². The van der Waals surface area contributed by atoms with Crippen molar-refractivity contribution in [1.29, 1.82) is 0 Å². The van der Waals surface area contributed by atoms with Gasteiger partial charge in [-0.2, -0.15) is 0 Å². The quantitative estimate of drug-likeness (QED) is 0.472. The molecule has 0 unspecified atom stereocenters. The van der Waals surface area contributed by atoms with Gasteiger partial charge in [-0.1, -0.05) is 30.3 Å². The average molecular weight is 464 g/mol. The first kappa shape index (κ1) is 23.1. The zero-order valence-electron chi connectivity index (χ0n) is 18.7. The zero-order valence-corrected chi connectivity index (χ0v) is 18.7. The van der Waals surface area contributed by atoms with Crippen molar-refractivity contribution < 1.29 is 28.2 Å². The van der Waals surface area contributed by atoms with Crippen LogP contribution in [-0.4, -0.2) is 31.4 Å². The van der Waals surface area contributed by atoms with Crippen molar-refractivity contribution in [3.8, 4) is 11.5 Å². The molecule has 176 valence electrons. The van der Waals surface area contributed by atoms with Gasteiger partial charge in [0.05, 0.1) is 17.9 Å². The minimum Gasteiger partial charge on any atom is -0.462 e. The monoisotopic (exact) mass is 464 g/mol. The second kappa shape index (κ2) is 10.7. The molecule has 0 radical (unpaired) electrons. The van der Waals surface area contributed by atoms with Gasteiger partial charge in [0, 0.05) is 6.04 Å². The van der Waals surface area contributed by atoms with E-state index in [1.165, 1.54) is 12.1 Å². The Bertz CT molecular complexity index is 1170. The lowest BCUT2D eigenvalue weighted by atomic mass is 9.98. The fourth-order valence-corrected chi connectivity index (χ4v) is 3.75. The minimum absolute atomic E-state index is 0.179. The largest absolute Gasteiger partial charge is 0.462 e. The molecule has 3 aromatic carbocycles. The highest BCUT2D eigenvalue weighted by Crippen LogP contribution is 2.33. The van der Waals surface area contributed by atoms with Crippen LogP contribution in [0.2, 0.25) is 0 Å². The molecule has 0 aromatic heterocycles. The number of fused-ring (bicyclic) bond motifs is 1. The molecular weight excluding hydrogens is 439 g/mol. The Labute approximate surface area is 196 Å². The Hall–Kier alpha value is -4.07. The number of anilines is 1. The summed E-state index contributed by atoms with van der Waals surface area (Å²) in [6.07, 6.45) is 0.975. The van der Waals surface area contributed by atoms with Crippen molar-refractivity contribution in [2.24, 2.45) is 0 Å². The summed E-state index contributed by atoms with van der Waals surface area (Å²) in [5, 5.41) is 5.72. The van der Waals surface area contributed by atoms with Gasteiger partial charge >= 0.3 is 12.0 Å². The third-order valence-electron chi connectivity index (χ3n) is 5.32. The van der Waals surface area contributed by atoms with E-state index in [0.29, 0.717) is 30.0 Å². The fourth-order valence-electron chi connectivity index (χ4n) is 3.75. The predicted molar refractivity (Wildman–Crippen MR) is 125 cm³/mol. The number of carbonyl (C=O) groups is 2. The van der Waals surface area contributed by atoms with Gasteiger partial charge < -0.3 is 24.8 Å². The molecule has 0 saturated carbocycles. The van der Waals surface area contributed by atoms with E-state index in [-0.39, 0.29) is 30.8 Å². The lowest BCUT2D eigenvalue weighted by Gasteiger charge is -2.20. The highest BCUT2D eigenvalue weighted by atomic mass is 19.1. The molecule has 8 heteroatoms. The summed E-state index contributed by atoms with van der Waals surface area (Å²) in [6, 6.07) is 17.7. The maximum absolute atomic E-state index is 13.4. The number of hydrogen-bond donors (Lipinski definition) is 2. The Kier molecular flexibility index (Phi) is 7.27. The summed E-state index contributed by atoms with van der Waals surface area (Å²) in [4.78, 5) is 25.1. The molecule has 2 N–H and O–H groups in total. The standard InChI is InChI=1S/C26H25FN2O5/c1-2-32-25(30)21-5-3-4-6-22(21)29-26(31)28-20(13-17-7-10-19(27)11-8-17)14-18-9-12-23-24(15-18)34-16-33-23/h3-12,15,20H,2,13-14,16H2,1H3,(H2,28,29,31)/t20-/m0/s1. The van der Waals surface area contributed by atoms with Gasteiger partial charge in [-0.15, -0.1) is 0 Å². The first-order chi connectivity index (χ1) is 16.5. The maximum Gasteiger partial charge on any atom is 0.340 e. The summed E-state index contributed by atoms with van der Waals surface area (Å²) in [5.74, 6) is 0.505. The van der Waals surface area contributed by atoms with Crippen molar-refractivity contribution >= 4 is 17.7 Å². The molecule has 1 aliphatic heterocycles. The van der Waals surface area contributed by atoms with Gasteiger partial charge in [-0.25, -0.2) is 14.0 Å². The molecule has 2 amide bonds. The van der Waals surface area contributed by atoms with Gasteiger partial charge in [0.25, 0.3) is 0 Å². The predicted octanol–water partition coefficient (Wildman–Crippen LogP) is 4.71. The fraction of sp³-hybridized carbons (Fsp3) is 0.231. The van der Waals surface area contributed by atoms with Gasteiger partial charge in [-0.3, -0.25) is 0 Å². The molecule has 1 heterocycles. The van der Waals surface area contributed by atoms with E-state index in [9.17, 15) is 14.0 Å². The zero-order chi connectivity index (χ0) is 23.9. The van der Waals surface area contributed by atoms with E-state index in [1.807, 2.05) is 18.2 Å². The van der Waals surface area contributed by atoms with Crippen LogP contribution >= 0.6 is 0 Å². The van der Waals surface area contributed by atoms with Crippen molar-refractivity contribution in [2.45, 2.75) is 25.8 Å². The Balaban J connectivity index is 1.50. The summed E-state index contributed by atoms with van der Waals surface area (Å²) < 4.78 is 29.3. The third-order valence-corrected chi connectivity index (χ3v) is 5.32. The maximum atomic E-state index is 13.4. The van der Waals surface area contributed by atoms with Crippen LogP contribution in [0.3, 0.4) is 0 Å². The lowest BCUT2D eigenvalue weighted by Crippen LogP contribution is -2.41. The van der Waals surface area contributed by atoms with Gasteiger partial charge in [0.15, 0.2) is 11.5 Å². The van der Waals surface area contributed by atoms with Crippen LogP contribution in [0, 0.1) is 5.82 Å². The van der Waals surface area contributed by atoms with E-state index < -0.39 is 12.0 Å². The molecule has 0 fully saturated rings. The molecule has 0 bridgehead atoms. The van der Waals surface area contributed by atoms with E-state index >= 15 is 0 Å². The molecule has 4 rings (SSSR count). The molecular formula is C26H25FN2O5. The van der Waals surface area contributed by atoms with Crippen LogP contribution in [-0.2, 0) is 17.6 Å². The third kappa shape index (κ3) is 5.83.